The van der Waals surface area contributed by atoms with E-state index in [0.29, 0.717) is 28.4 Å². The van der Waals surface area contributed by atoms with Gasteiger partial charge in [-0.3, -0.25) is 4.79 Å². The molecule has 0 atom stereocenters. The lowest BCUT2D eigenvalue weighted by Gasteiger charge is -2.16. The molecule has 0 spiro atoms. The zero-order valence-corrected chi connectivity index (χ0v) is 21.0. The van der Waals surface area contributed by atoms with Gasteiger partial charge in [0.05, 0.1) is 39.7 Å². The van der Waals surface area contributed by atoms with Gasteiger partial charge in [-0.25, -0.2) is 4.79 Å². The molecule has 0 fully saturated rings. The minimum atomic E-state index is -0.629. The number of hydrogen-bond donors (Lipinski definition) is 1. The van der Waals surface area contributed by atoms with Crippen LogP contribution in [-0.4, -0.2) is 40.3 Å². The van der Waals surface area contributed by atoms with E-state index in [9.17, 15) is 9.59 Å². The second kappa shape index (κ2) is 11.3. The maximum atomic E-state index is 13.2. The largest absolute Gasteiger partial charge is 0.496 e. The number of carbonyl (C=O) groups is 2. The fourth-order valence-electron chi connectivity index (χ4n) is 3.97. The van der Waals surface area contributed by atoms with Gasteiger partial charge in [0.1, 0.15) is 18.1 Å². The third-order valence-corrected chi connectivity index (χ3v) is 5.85. The van der Waals surface area contributed by atoms with Crippen LogP contribution in [0.25, 0.3) is 10.8 Å². The number of carbonyl (C=O) groups excluding carboxylic acids is 2. The van der Waals surface area contributed by atoms with E-state index in [2.05, 4.69) is 5.32 Å². The first kappa shape index (κ1) is 25.4. The van der Waals surface area contributed by atoms with Gasteiger partial charge in [0.2, 0.25) is 0 Å². The summed E-state index contributed by atoms with van der Waals surface area (Å²) in [5.74, 6) is 0.922. The van der Waals surface area contributed by atoms with Crippen molar-refractivity contribution in [3.63, 3.8) is 0 Å². The Morgan fingerprint density at radius 3 is 2.16 bits per heavy atom. The first-order chi connectivity index (χ1) is 18.0. The molecule has 0 saturated heterocycles. The molecule has 4 aromatic rings. The van der Waals surface area contributed by atoms with E-state index >= 15 is 0 Å². The van der Waals surface area contributed by atoms with Crippen molar-refractivity contribution in [2.75, 3.05) is 33.8 Å². The zero-order valence-electron chi connectivity index (χ0n) is 21.0. The van der Waals surface area contributed by atoms with Crippen LogP contribution in [0.3, 0.4) is 0 Å². The number of ether oxygens (including phenoxy) is 5. The molecule has 1 amide bonds. The van der Waals surface area contributed by atoms with E-state index in [-0.39, 0.29) is 17.9 Å². The highest BCUT2D eigenvalue weighted by atomic mass is 16.5. The molecule has 0 unspecified atom stereocenters. The van der Waals surface area contributed by atoms with Gasteiger partial charge in [0.25, 0.3) is 5.91 Å². The Balaban J connectivity index is 1.61. The molecule has 0 aliphatic carbocycles. The van der Waals surface area contributed by atoms with Crippen molar-refractivity contribution < 1.29 is 33.3 Å². The average Bonchev–Trinajstić information content (AvgIpc) is 2.95. The number of anilines is 1. The van der Waals surface area contributed by atoms with Gasteiger partial charge in [-0.1, -0.05) is 36.4 Å². The highest BCUT2D eigenvalue weighted by Crippen LogP contribution is 2.34. The maximum Gasteiger partial charge on any atom is 0.340 e. The normalized spacial score (nSPS) is 10.5. The second-order valence-corrected chi connectivity index (χ2v) is 7.99. The topological polar surface area (TPSA) is 92.3 Å². The molecule has 8 heteroatoms. The molecule has 8 nitrogen and oxygen atoms in total. The van der Waals surface area contributed by atoms with E-state index in [0.717, 1.165) is 16.5 Å². The highest BCUT2D eigenvalue weighted by Gasteiger charge is 2.20. The molecule has 190 valence electrons. The van der Waals surface area contributed by atoms with E-state index in [4.69, 9.17) is 23.7 Å². The van der Waals surface area contributed by atoms with Crippen LogP contribution < -0.4 is 24.3 Å². The number of fused-ring (bicyclic) bond motifs is 1. The highest BCUT2D eigenvalue weighted by molar-refractivity contribution is 6.08. The van der Waals surface area contributed by atoms with Crippen molar-refractivity contribution in [1.82, 2.24) is 0 Å². The summed E-state index contributed by atoms with van der Waals surface area (Å²) < 4.78 is 27.1. The van der Waals surface area contributed by atoms with E-state index in [1.807, 2.05) is 42.5 Å². The minimum absolute atomic E-state index is 0.126. The summed E-state index contributed by atoms with van der Waals surface area (Å²) >= 11 is 0. The molecule has 0 aromatic heterocycles. The van der Waals surface area contributed by atoms with Gasteiger partial charge >= 0.3 is 5.97 Å². The third-order valence-electron chi connectivity index (χ3n) is 5.85. The molecule has 0 heterocycles. The van der Waals surface area contributed by atoms with Crippen molar-refractivity contribution in [2.45, 2.75) is 6.61 Å². The fourth-order valence-corrected chi connectivity index (χ4v) is 3.97. The van der Waals surface area contributed by atoms with Crippen molar-refractivity contribution >= 4 is 28.3 Å². The zero-order chi connectivity index (χ0) is 26.4. The Bertz CT molecular complexity index is 1440. The third kappa shape index (κ3) is 5.43. The Hall–Kier alpha value is -4.72. The van der Waals surface area contributed by atoms with Crippen molar-refractivity contribution in [1.29, 1.82) is 0 Å². The van der Waals surface area contributed by atoms with Gasteiger partial charge in [0.15, 0.2) is 11.5 Å². The van der Waals surface area contributed by atoms with Crippen LogP contribution in [0.4, 0.5) is 5.69 Å². The molecule has 0 aliphatic heterocycles. The van der Waals surface area contributed by atoms with E-state index in [1.54, 1.807) is 25.3 Å². The SMILES string of the molecule is COC(=O)c1cc(OC)c(OC)cc1NC(=O)c1ccc(OC)c(COc2cccc3ccccc23)c1. The molecule has 0 bridgehead atoms. The van der Waals surface area contributed by atoms with Crippen LogP contribution in [0.15, 0.2) is 72.8 Å². The first-order valence-electron chi connectivity index (χ1n) is 11.4. The Labute approximate surface area is 214 Å². The lowest BCUT2D eigenvalue weighted by atomic mass is 10.1. The average molecular weight is 502 g/mol. The summed E-state index contributed by atoms with van der Waals surface area (Å²) in [4.78, 5) is 25.6. The Kier molecular flexibility index (Phi) is 7.78. The summed E-state index contributed by atoms with van der Waals surface area (Å²) in [5, 5.41) is 4.83. The summed E-state index contributed by atoms with van der Waals surface area (Å²) in [6.45, 7) is 0.183. The maximum absolute atomic E-state index is 13.2. The number of amides is 1. The quantitative estimate of drug-likeness (QED) is 0.304. The molecule has 4 rings (SSSR count). The smallest absolute Gasteiger partial charge is 0.340 e. The van der Waals surface area contributed by atoms with Crippen molar-refractivity contribution in [3.05, 3.63) is 89.5 Å². The van der Waals surface area contributed by atoms with Gasteiger partial charge in [0, 0.05) is 28.6 Å². The van der Waals surface area contributed by atoms with Gasteiger partial charge in [-0.2, -0.15) is 0 Å². The van der Waals surface area contributed by atoms with Crippen LogP contribution >= 0.6 is 0 Å². The Morgan fingerprint density at radius 2 is 1.43 bits per heavy atom. The summed E-state index contributed by atoms with van der Waals surface area (Å²) in [6.07, 6.45) is 0. The molecular formula is C29H27NO7. The molecule has 0 saturated carbocycles. The van der Waals surface area contributed by atoms with Crippen LogP contribution in [0.2, 0.25) is 0 Å². The number of methoxy groups -OCH3 is 4. The minimum Gasteiger partial charge on any atom is -0.496 e. The number of rotatable bonds is 9. The van der Waals surface area contributed by atoms with Gasteiger partial charge in [-0.05, 0) is 29.7 Å². The first-order valence-corrected chi connectivity index (χ1v) is 11.4. The van der Waals surface area contributed by atoms with Crippen molar-refractivity contribution in [2.24, 2.45) is 0 Å². The lowest BCUT2D eigenvalue weighted by molar-refractivity contribution is 0.0601. The molecular weight excluding hydrogens is 474 g/mol. The Morgan fingerprint density at radius 1 is 0.730 bits per heavy atom. The fraction of sp³-hybridized carbons (Fsp3) is 0.172. The summed E-state index contributed by atoms with van der Waals surface area (Å²) in [6, 6.07) is 21.8. The monoisotopic (exact) mass is 501 g/mol. The molecule has 1 N–H and O–H groups in total. The van der Waals surface area contributed by atoms with E-state index in [1.165, 1.54) is 33.5 Å². The molecule has 37 heavy (non-hydrogen) atoms. The van der Waals surface area contributed by atoms with Crippen LogP contribution in [-0.2, 0) is 11.3 Å². The second-order valence-electron chi connectivity index (χ2n) is 7.99. The van der Waals surface area contributed by atoms with Crippen LogP contribution in [0.1, 0.15) is 26.3 Å². The molecule has 0 radical (unpaired) electrons. The number of hydrogen-bond acceptors (Lipinski definition) is 7. The standard InChI is InChI=1S/C29H27NO7/c1-33-24-13-12-19(14-20(24)17-37-25-11-7-9-18-8-5-6-10-21(18)25)28(31)30-23-16-27(35-3)26(34-2)15-22(23)29(32)36-4/h5-16H,17H2,1-4H3,(H,30,31). The van der Waals surface area contributed by atoms with E-state index < -0.39 is 11.9 Å². The summed E-state index contributed by atoms with van der Waals surface area (Å²) in [7, 11) is 5.74. The van der Waals surface area contributed by atoms with Gasteiger partial charge in [-0.15, -0.1) is 0 Å². The van der Waals surface area contributed by atoms with Crippen molar-refractivity contribution in [3.8, 4) is 23.0 Å². The predicted octanol–water partition coefficient (Wildman–Crippen LogP) is 5.48. The number of benzene rings is 4. The summed E-state index contributed by atoms with van der Waals surface area (Å²) in [5.41, 5.74) is 1.38. The van der Waals surface area contributed by atoms with Crippen LogP contribution in [0.5, 0.6) is 23.0 Å². The molecule has 0 aliphatic rings. The predicted molar refractivity (Wildman–Crippen MR) is 140 cm³/mol. The molecule has 4 aromatic carbocycles. The number of nitrogens with one attached hydrogen (secondary N) is 1. The van der Waals surface area contributed by atoms with Gasteiger partial charge < -0.3 is 29.0 Å². The lowest BCUT2D eigenvalue weighted by Crippen LogP contribution is -2.16. The van der Waals surface area contributed by atoms with Crippen LogP contribution in [0, 0.1) is 0 Å². The number of esters is 1.